The lowest BCUT2D eigenvalue weighted by Gasteiger charge is -2.15. The summed E-state index contributed by atoms with van der Waals surface area (Å²) in [7, 11) is 2.06. The Labute approximate surface area is 87.3 Å². The Morgan fingerprint density at radius 1 is 1.36 bits per heavy atom. The van der Waals surface area contributed by atoms with Crippen LogP contribution >= 0.6 is 0 Å². The summed E-state index contributed by atoms with van der Waals surface area (Å²) in [4.78, 5) is 0. The molecule has 0 saturated heterocycles. The van der Waals surface area contributed by atoms with Gasteiger partial charge in [0, 0.05) is 26.0 Å². The van der Waals surface area contributed by atoms with Gasteiger partial charge >= 0.3 is 0 Å². The molecule has 1 aromatic heterocycles. The quantitative estimate of drug-likeness (QED) is 0.761. The highest BCUT2D eigenvalue weighted by Crippen LogP contribution is 2.08. The molecule has 1 unspecified atom stereocenters. The van der Waals surface area contributed by atoms with Crippen LogP contribution in [0.5, 0.6) is 0 Å². The van der Waals surface area contributed by atoms with E-state index in [1.165, 1.54) is 5.56 Å². The van der Waals surface area contributed by atoms with E-state index in [-0.39, 0.29) is 0 Å². The van der Waals surface area contributed by atoms with E-state index in [1.54, 1.807) is 0 Å². The van der Waals surface area contributed by atoms with Crippen LogP contribution in [0.15, 0.2) is 18.5 Å². The van der Waals surface area contributed by atoms with Crippen LogP contribution in [-0.4, -0.2) is 11.1 Å². The Kier molecular flexibility index (Phi) is 4.21. The molecule has 2 nitrogen and oxygen atoms in total. The van der Waals surface area contributed by atoms with E-state index in [1.807, 2.05) is 0 Å². The normalized spacial score (nSPS) is 13.5. The number of nitrogens with zero attached hydrogens (tertiary/aromatic N) is 1. The zero-order chi connectivity index (χ0) is 10.6. The number of rotatable bonds is 5. The van der Waals surface area contributed by atoms with Crippen LogP contribution < -0.4 is 5.32 Å². The summed E-state index contributed by atoms with van der Waals surface area (Å²) in [5, 5.41) is 3.48. The molecule has 1 rings (SSSR count). The number of hydrogen-bond donors (Lipinski definition) is 1. The van der Waals surface area contributed by atoms with Crippen molar-refractivity contribution in [2.45, 2.75) is 27.3 Å². The maximum absolute atomic E-state index is 3.48. The highest BCUT2D eigenvalue weighted by atomic mass is 14.9. The van der Waals surface area contributed by atoms with E-state index in [0.717, 1.165) is 24.9 Å². The molecule has 0 aliphatic carbocycles. The molecule has 0 aliphatic rings. The number of aromatic nitrogens is 1. The summed E-state index contributed by atoms with van der Waals surface area (Å²) in [6, 6.07) is 2.16. The third kappa shape index (κ3) is 3.54. The third-order valence-corrected chi connectivity index (χ3v) is 2.83. The van der Waals surface area contributed by atoms with Gasteiger partial charge in [-0.3, -0.25) is 0 Å². The lowest BCUT2D eigenvalue weighted by Crippen LogP contribution is -2.23. The number of hydrogen-bond acceptors (Lipinski definition) is 1. The molecule has 0 bridgehead atoms. The SMILES string of the molecule is CC(C)C(C)CNCc1ccn(C)c1. The van der Waals surface area contributed by atoms with E-state index < -0.39 is 0 Å². The highest BCUT2D eigenvalue weighted by molar-refractivity contribution is 5.09. The Hall–Kier alpha value is -0.760. The zero-order valence-corrected chi connectivity index (χ0v) is 9.75. The molecule has 80 valence electrons. The van der Waals surface area contributed by atoms with E-state index in [2.05, 4.69) is 56.2 Å². The van der Waals surface area contributed by atoms with Crippen molar-refractivity contribution in [3.05, 3.63) is 24.0 Å². The Balaban J connectivity index is 2.22. The first-order valence-electron chi connectivity index (χ1n) is 5.41. The minimum atomic E-state index is 0.749. The first-order valence-corrected chi connectivity index (χ1v) is 5.41. The van der Waals surface area contributed by atoms with E-state index in [4.69, 9.17) is 0 Å². The van der Waals surface area contributed by atoms with Crippen LogP contribution in [-0.2, 0) is 13.6 Å². The molecule has 0 fully saturated rings. The van der Waals surface area contributed by atoms with E-state index in [9.17, 15) is 0 Å². The predicted molar refractivity (Wildman–Crippen MR) is 61.1 cm³/mol. The van der Waals surface area contributed by atoms with Crippen molar-refractivity contribution in [1.29, 1.82) is 0 Å². The van der Waals surface area contributed by atoms with Crippen molar-refractivity contribution in [1.82, 2.24) is 9.88 Å². The Morgan fingerprint density at radius 3 is 2.57 bits per heavy atom. The first-order chi connectivity index (χ1) is 6.59. The van der Waals surface area contributed by atoms with Gasteiger partial charge in [0.05, 0.1) is 0 Å². The minimum Gasteiger partial charge on any atom is -0.357 e. The fourth-order valence-corrected chi connectivity index (χ4v) is 1.35. The lowest BCUT2D eigenvalue weighted by atomic mass is 9.98. The van der Waals surface area contributed by atoms with E-state index in [0.29, 0.717) is 0 Å². The molecule has 1 N–H and O–H groups in total. The molecule has 0 saturated carbocycles. The summed E-state index contributed by atoms with van der Waals surface area (Å²) in [5.41, 5.74) is 1.36. The van der Waals surface area contributed by atoms with Gasteiger partial charge in [0.2, 0.25) is 0 Å². The van der Waals surface area contributed by atoms with Crippen molar-refractivity contribution in [2.75, 3.05) is 6.54 Å². The average molecular weight is 194 g/mol. The number of nitrogens with one attached hydrogen (secondary N) is 1. The van der Waals surface area contributed by atoms with Crippen LogP contribution in [0.2, 0.25) is 0 Å². The second kappa shape index (κ2) is 5.20. The molecule has 1 heterocycles. The van der Waals surface area contributed by atoms with E-state index >= 15 is 0 Å². The van der Waals surface area contributed by atoms with Crippen molar-refractivity contribution in [3.63, 3.8) is 0 Å². The van der Waals surface area contributed by atoms with Crippen molar-refractivity contribution in [2.24, 2.45) is 18.9 Å². The van der Waals surface area contributed by atoms with Crippen molar-refractivity contribution >= 4 is 0 Å². The van der Waals surface area contributed by atoms with Crippen molar-refractivity contribution in [3.8, 4) is 0 Å². The molecule has 0 aromatic carbocycles. The van der Waals surface area contributed by atoms with Gasteiger partial charge in [0.1, 0.15) is 0 Å². The molecule has 14 heavy (non-hydrogen) atoms. The standard InChI is InChI=1S/C12H22N2/c1-10(2)11(3)7-13-8-12-5-6-14(4)9-12/h5-6,9-11,13H,7-8H2,1-4H3. The van der Waals surface area contributed by atoms with Gasteiger partial charge in [-0.15, -0.1) is 0 Å². The smallest absolute Gasteiger partial charge is 0.0220 e. The summed E-state index contributed by atoms with van der Waals surface area (Å²) >= 11 is 0. The van der Waals surface area contributed by atoms with Gasteiger partial charge in [-0.05, 0) is 30.0 Å². The van der Waals surface area contributed by atoms with Gasteiger partial charge in [0.25, 0.3) is 0 Å². The minimum absolute atomic E-state index is 0.749. The van der Waals surface area contributed by atoms with Crippen molar-refractivity contribution < 1.29 is 0 Å². The fraction of sp³-hybridized carbons (Fsp3) is 0.667. The summed E-state index contributed by atoms with van der Waals surface area (Å²) in [6.07, 6.45) is 4.25. The lowest BCUT2D eigenvalue weighted by molar-refractivity contribution is 0.392. The average Bonchev–Trinajstić information content (AvgIpc) is 2.51. The van der Waals surface area contributed by atoms with Crippen LogP contribution in [0.25, 0.3) is 0 Å². The first kappa shape index (κ1) is 11.3. The van der Waals surface area contributed by atoms with Gasteiger partial charge in [-0.1, -0.05) is 20.8 Å². The topological polar surface area (TPSA) is 17.0 Å². The van der Waals surface area contributed by atoms with Gasteiger partial charge in [-0.25, -0.2) is 0 Å². The zero-order valence-electron chi connectivity index (χ0n) is 9.75. The van der Waals surface area contributed by atoms with Gasteiger partial charge < -0.3 is 9.88 Å². The predicted octanol–water partition coefficient (Wildman–Crippen LogP) is 2.41. The largest absolute Gasteiger partial charge is 0.357 e. The van der Waals surface area contributed by atoms with Gasteiger partial charge in [0.15, 0.2) is 0 Å². The third-order valence-electron chi connectivity index (χ3n) is 2.83. The van der Waals surface area contributed by atoms with Gasteiger partial charge in [-0.2, -0.15) is 0 Å². The maximum atomic E-state index is 3.48. The molecule has 0 spiro atoms. The molecule has 1 aromatic rings. The number of aryl methyl sites for hydroxylation is 1. The maximum Gasteiger partial charge on any atom is 0.0220 e. The molecule has 0 radical (unpaired) electrons. The molecule has 2 heteroatoms. The summed E-state index contributed by atoms with van der Waals surface area (Å²) in [6.45, 7) is 8.93. The highest BCUT2D eigenvalue weighted by Gasteiger charge is 2.05. The fourth-order valence-electron chi connectivity index (χ4n) is 1.35. The van der Waals surface area contributed by atoms with Crippen LogP contribution in [0.1, 0.15) is 26.3 Å². The molecule has 0 aliphatic heterocycles. The second-order valence-electron chi connectivity index (χ2n) is 4.54. The molecule has 0 amide bonds. The van der Waals surface area contributed by atoms with Crippen LogP contribution in [0, 0.1) is 11.8 Å². The van der Waals surface area contributed by atoms with Crippen LogP contribution in [0.4, 0.5) is 0 Å². The molecular weight excluding hydrogens is 172 g/mol. The molecular formula is C12H22N2. The van der Waals surface area contributed by atoms with Crippen LogP contribution in [0.3, 0.4) is 0 Å². The summed E-state index contributed by atoms with van der Waals surface area (Å²) in [5.74, 6) is 1.51. The Morgan fingerprint density at radius 2 is 2.07 bits per heavy atom. The monoisotopic (exact) mass is 194 g/mol. The molecule has 1 atom stereocenters. The summed E-state index contributed by atoms with van der Waals surface area (Å²) < 4.78 is 2.09. The second-order valence-corrected chi connectivity index (χ2v) is 4.54. The Bertz CT molecular complexity index is 263.